The monoisotopic (exact) mass is 378 g/mol. The van der Waals surface area contributed by atoms with Crippen LogP contribution in [0.4, 0.5) is 0 Å². The van der Waals surface area contributed by atoms with Gasteiger partial charge in [0.2, 0.25) is 0 Å². The Morgan fingerprint density at radius 2 is 0.714 bits per heavy atom. The summed E-state index contributed by atoms with van der Waals surface area (Å²) in [5.41, 5.74) is 1.31. The summed E-state index contributed by atoms with van der Waals surface area (Å²) < 4.78 is 0. The second-order valence-electron chi connectivity index (χ2n) is 6.12. The zero-order valence-electron chi connectivity index (χ0n) is 14.6. The molecule has 0 aliphatic carbocycles. The minimum atomic E-state index is -0.117. The molecule has 6 nitrogen and oxygen atoms in total. The Labute approximate surface area is 160 Å². The van der Waals surface area contributed by atoms with Crippen LogP contribution in [-0.2, 0) is 0 Å². The van der Waals surface area contributed by atoms with Gasteiger partial charge in [0.15, 0.2) is 0 Å². The van der Waals surface area contributed by atoms with Gasteiger partial charge in [0, 0.05) is 22.3 Å². The second kappa shape index (κ2) is 7.67. The Kier molecular flexibility index (Phi) is 5.13. The fraction of sp³-hybridized carbons (Fsp3) is 0. The van der Waals surface area contributed by atoms with E-state index < -0.39 is 0 Å². The van der Waals surface area contributed by atoms with E-state index in [1.807, 2.05) is 0 Å². The van der Waals surface area contributed by atoms with E-state index in [2.05, 4.69) is 0 Å². The summed E-state index contributed by atoms with van der Waals surface area (Å²) in [6, 6.07) is 10.8. The number of phenolic OH excluding ortho intramolecular Hbond substituents is 6. The fourth-order valence-corrected chi connectivity index (χ4v) is 2.59. The maximum absolute atomic E-state index is 10.2. The first-order chi connectivity index (χ1) is 13.3. The first kappa shape index (κ1) is 18.7. The molecule has 0 aromatic heterocycles. The minimum absolute atomic E-state index is 0.0137. The average molecular weight is 378 g/mol. The summed E-state index contributed by atoms with van der Waals surface area (Å²) in [5.74, 6) is -0.339. The molecule has 0 atom stereocenters. The first-order valence-electron chi connectivity index (χ1n) is 8.29. The van der Waals surface area contributed by atoms with Crippen molar-refractivity contribution < 1.29 is 30.6 Å². The normalized spacial score (nSPS) is 11.4. The highest BCUT2D eigenvalue weighted by atomic mass is 16.3. The molecule has 0 unspecified atom stereocenters. The van der Waals surface area contributed by atoms with Crippen molar-refractivity contribution in [3.8, 4) is 34.5 Å². The molecule has 0 spiro atoms. The van der Waals surface area contributed by atoms with E-state index in [0.717, 1.165) is 0 Å². The van der Waals surface area contributed by atoms with E-state index in [9.17, 15) is 30.6 Å². The standard InChI is InChI=1S/C22H18O6/c23-17-5-7-19(25)13(9-17)1-3-15-11-22(28)16(12-21(15)27)4-2-14-10-18(24)6-8-20(14)26/h1-12,23-28H. The number of benzene rings is 3. The van der Waals surface area contributed by atoms with Gasteiger partial charge in [0.1, 0.15) is 34.5 Å². The summed E-state index contributed by atoms with van der Waals surface area (Å²) in [7, 11) is 0. The van der Waals surface area contributed by atoms with Gasteiger partial charge in [0.25, 0.3) is 0 Å². The molecule has 6 heteroatoms. The van der Waals surface area contributed by atoms with Gasteiger partial charge in [-0.05, 0) is 48.5 Å². The summed E-state index contributed by atoms with van der Waals surface area (Å²) in [6.07, 6.45) is 5.95. The van der Waals surface area contributed by atoms with Crippen molar-refractivity contribution >= 4 is 24.3 Å². The number of hydrogen-bond donors (Lipinski definition) is 6. The molecule has 0 heterocycles. The molecular formula is C22H18O6. The van der Waals surface area contributed by atoms with Crippen LogP contribution in [-0.4, -0.2) is 30.6 Å². The van der Waals surface area contributed by atoms with Crippen LogP contribution in [0.5, 0.6) is 34.5 Å². The second-order valence-corrected chi connectivity index (χ2v) is 6.12. The smallest absolute Gasteiger partial charge is 0.123 e. The highest BCUT2D eigenvalue weighted by Gasteiger charge is 2.07. The van der Waals surface area contributed by atoms with Crippen LogP contribution in [0, 0.1) is 0 Å². The maximum atomic E-state index is 10.2. The Morgan fingerprint density at radius 1 is 0.393 bits per heavy atom. The lowest BCUT2D eigenvalue weighted by atomic mass is 10.0. The lowest BCUT2D eigenvalue weighted by Crippen LogP contribution is -1.82. The molecule has 6 N–H and O–H groups in total. The molecule has 0 radical (unpaired) electrons. The molecule has 3 aromatic carbocycles. The minimum Gasteiger partial charge on any atom is -0.508 e. The van der Waals surface area contributed by atoms with Crippen molar-refractivity contribution in [3.05, 3.63) is 70.8 Å². The van der Waals surface area contributed by atoms with Crippen molar-refractivity contribution in [2.24, 2.45) is 0 Å². The number of aromatic hydroxyl groups is 6. The molecule has 28 heavy (non-hydrogen) atoms. The fourth-order valence-electron chi connectivity index (χ4n) is 2.59. The predicted molar refractivity (Wildman–Crippen MR) is 107 cm³/mol. The van der Waals surface area contributed by atoms with Crippen molar-refractivity contribution in [2.45, 2.75) is 0 Å². The highest BCUT2D eigenvalue weighted by molar-refractivity contribution is 5.80. The van der Waals surface area contributed by atoms with Crippen LogP contribution < -0.4 is 0 Å². The van der Waals surface area contributed by atoms with Crippen molar-refractivity contribution in [1.29, 1.82) is 0 Å². The first-order valence-corrected chi connectivity index (χ1v) is 8.29. The molecule has 0 aliphatic heterocycles. The van der Waals surface area contributed by atoms with E-state index in [-0.39, 0.29) is 34.5 Å². The maximum Gasteiger partial charge on any atom is 0.123 e. The van der Waals surface area contributed by atoms with Gasteiger partial charge in [-0.3, -0.25) is 0 Å². The van der Waals surface area contributed by atoms with Crippen molar-refractivity contribution in [2.75, 3.05) is 0 Å². The molecule has 0 aliphatic rings. The predicted octanol–water partition coefficient (Wildman–Crippen LogP) is 4.26. The molecule has 142 valence electrons. The molecule has 0 fully saturated rings. The molecule has 0 bridgehead atoms. The molecule has 0 saturated heterocycles. The highest BCUT2D eigenvalue weighted by Crippen LogP contribution is 2.32. The third-order valence-electron chi connectivity index (χ3n) is 4.08. The third-order valence-corrected chi connectivity index (χ3v) is 4.08. The van der Waals surface area contributed by atoms with Gasteiger partial charge in [0.05, 0.1) is 0 Å². The number of phenols is 6. The van der Waals surface area contributed by atoms with Crippen molar-refractivity contribution in [3.63, 3.8) is 0 Å². The quantitative estimate of drug-likeness (QED) is 0.298. The van der Waals surface area contributed by atoms with E-state index in [0.29, 0.717) is 22.3 Å². The van der Waals surface area contributed by atoms with Crippen LogP contribution in [0.15, 0.2) is 48.5 Å². The number of hydrogen-bond acceptors (Lipinski definition) is 6. The Morgan fingerprint density at radius 3 is 1.07 bits per heavy atom. The van der Waals surface area contributed by atoms with Crippen LogP contribution in [0.3, 0.4) is 0 Å². The summed E-state index contributed by atoms with van der Waals surface area (Å²) in [6.45, 7) is 0. The summed E-state index contributed by atoms with van der Waals surface area (Å²) in [4.78, 5) is 0. The van der Waals surface area contributed by atoms with E-state index >= 15 is 0 Å². The van der Waals surface area contributed by atoms with Crippen LogP contribution in [0.2, 0.25) is 0 Å². The zero-order valence-corrected chi connectivity index (χ0v) is 14.6. The van der Waals surface area contributed by atoms with E-state index in [1.165, 1.54) is 72.8 Å². The van der Waals surface area contributed by atoms with E-state index in [1.54, 1.807) is 0 Å². The largest absolute Gasteiger partial charge is 0.508 e. The van der Waals surface area contributed by atoms with Gasteiger partial charge in [-0.1, -0.05) is 24.3 Å². The molecule has 3 rings (SSSR count). The van der Waals surface area contributed by atoms with Gasteiger partial charge in [-0.2, -0.15) is 0 Å². The Hall–Kier alpha value is -4.06. The zero-order chi connectivity index (χ0) is 20.3. The van der Waals surface area contributed by atoms with E-state index in [4.69, 9.17) is 0 Å². The van der Waals surface area contributed by atoms with Crippen molar-refractivity contribution in [1.82, 2.24) is 0 Å². The van der Waals surface area contributed by atoms with Gasteiger partial charge in [-0.15, -0.1) is 0 Å². The molecule has 0 amide bonds. The van der Waals surface area contributed by atoms with Gasteiger partial charge >= 0.3 is 0 Å². The topological polar surface area (TPSA) is 121 Å². The summed E-state index contributed by atoms with van der Waals surface area (Å²) >= 11 is 0. The SMILES string of the molecule is Oc1ccc(O)c(C=Cc2cc(O)c(C=Cc3cc(O)ccc3O)cc2O)c1. The van der Waals surface area contributed by atoms with Gasteiger partial charge < -0.3 is 30.6 Å². The lowest BCUT2D eigenvalue weighted by Gasteiger charge is -2.06. The average Bonchev–Trinajstić information content (AvgIpc) is 2.66. The molecular weight excluding hydrogens is 360 g/mol. The third kappa shape index (κ3) is 4.19. The molecule has 3 aromatic rings. The Balaban J connectivity index is 1.88. The lowest BCUT2D eigenvalue weighted by molar-refractivity contribution is 0.458. The number of rotatable bonds is 4. The molecule has 0 saturated carbocycles. The Bertz CT molecular complexity index is 995. The van der Waals surface area contributed by atoms with Crippen LogP contribution >= 0.6 is 0 Å². The van der Waals surface area contributed by atoms with Crippen LogP contribution in [0.1, 0.15) is 22.3 Å². The van der Waals surface area contributed by atoms with Gasteiger partial charge in [-0.25, -0.2) is 0 Å². The van der Waals surface area contributed by atoms with Crippen LogP contribution in [0.25, 0.3) is 24.3 Å². The summed E-state index contributed by atoms with van der Waals surface area (Å²) in [5, 5.41) is 59.0.